The molecule has 0 aliphatic heterocycles. The van der Waals surface area contributed by atoms with Crippen LogP contribution in [0.4, 0.5) is 0 Å². The third-order valence-electron chi connectivity index (χ3n) is 2.06. The number of ketones is 1. The average Bonchev–Trinajstić information content (AvgIpc) is 2.62. The molecule has 5 heteroatoms. The van der Waals surface area contributed by atoms with Crippen LogP contribution in [-0.4, -0.2) is 16.2 Å². The SMILES string of the molecule is O=C(/C=C/n1c(=S)oc2ccccc21)CCl. The van der Waals surface area contributed by atoms with Gasteiger partial charge in [0.1, 0.15) is 0 Å². The summed E-state index contributed by atoms with van der Waals surface area (Å²) < 4.78 is 6.98. The van der Waals surface area contributed by atoms with Gasteiger partial charge in [-0.05, 0) is 30.4 Å². The molecular weight excluding hydrogens is 246 g/mol. The molecule has 0 radical (unpaired) electrons. The predicted octanol–water partition coefficient (Wildman–Crippen LogP) is 3.24. The van der Waals surface area contributed by atoms with Crippen LogP contribution in [0.3, 0.4) is 0 Å². The molecule has 0 N–H and O–H groups in total. The number of para-hydroxylation sites is 2. The second-order valence-corrected chi connectivity index (χ2v) is 3.74. The zero-order valence-corrected chi connectivity index (χ0v) is 9.79. The lowest BCUT2D eigenvalue weighted by atomic mass is 10.3. The number of benzene rings is 1. The molecular formula is C11H8ClNO2S. The number of oxazole rings is 1. The monoisotopic (exact) mass is 253 g/mol. The van der Waals surface area contributed by atoms with Crippen LogP contribution in [-0.2, 0) is 4.79 Å². The summed E-state index contributed by atoms with van der Waals surface area (Å²) in [7, 11) is 0. The van der Waals surface area contributed by atoms with Crippen molar-refractivity contribution in [2.45, 2.75) is 0 Å². The maximum absolute atomic E-state index is 11.1. The van der Waals surface area contributed by atoms with Crippen molar-refractivity contribution < 1.29 is 9.21 Å². The Bertz CT molecular complexity index is 612. The fraction of sp³-hybridized carbons (Fsp3) is 0.0909. The Hall–Kier alpha value is -1.39. The molecule has 2 aromatic rings. The minimum absolute atomic E-state index is 0.0421. The number of allylic oxidation sites excluding steroid dienone is 1. The van der Waals surface area contributed by atoms with Crippen LogP contribution in [0.1, 0.15) is 0 Å². The second-order valence-electron chi connectivity index (χ2n) is 3.12. The summed E-state index contributed by atoms with van der Waals surface area (Å²) >= 11 is 10.4. The molecule has 82 valence electrons. The molecule has 0 amide bonds. The molecule has 0 unspecified atom stereocenters. The van der Waals surface area contributed by atoms with Crippen molar-refractivity contribution in [3.8, 4) is 0 Å². The van der Waals surface area contributed by atoms with Gasteiger partial charge in [0.2, 0.25) is 0 Å². The summed E-state index contributed by atoms with van der Waals surface area (Å²) in [4.78, 5) is 11.4. The van der Waals surface area contributed by atoms with Crippen LogP contribution in [0.5, 0.6) is 0 Å². The number of carbonyl (C=O) groups excluding carboxylic acids is 1. The van der Waals surface area contributed by atoms with Crippen LogP contribution in [0.15, 0.2) is 34.8 Å². The number of halogens is 1. The molecule has 0 saturated carbocycles. The number of carbonyl (C=O) groups is 1. The van der Waals surface area contributed by atoms with Crippen LogP contribution in [0.25, 0.3) is 17.3 Å². The molecule has 0 atom stereocenters. The van der Waals surface area contributed by atoms with Gasteiger partial charge >= 0.3 is 0 Å². The van der Waals surface area contributed by atoms with Crippen LogP contribution >= 0.6 is 23.8 Å². The predicted molar refractivity (Wildman–Crippen MR) is 66.1 cm³/mol. The summed E-state index contributed by atoms with van der Waals surface area (Å²) in [6, 6.07) is 7.42. The van der Waals surface area contributed by atoms with Gasteiger partial charge in [-0.1, -0.05) is 12.1 Å². The molecule has 0 bridgehead atoms. The van der Waals surface area contributed by atoms with E-state index in [1.165, 1.54) is 6.08 Å². The van der Waals surface area contributed by atoms with E-state index in [1.807, 2.05) is 24.3 Å². The zero-order chi connectivity index (χ0) is 11.5. The molecule has 0 aliphatic carbocycles. The number of hydrogen-bond acceptors (Lipinski definition) is 3. The van der Waals surface area contributed by atoms with Crippen molar-refractivity contribution in [3.05, 3.63) is 35.2 Å². The lowest BCUT2D eigenvalue weighted by Gasteiger charge is -1.93. The Morgan fingerprint density at radius 1 is 1.50 bits per heavy atom. The standard InChI is InChI=1S/C11H8ClNO2S/c12-7-8(14)5-6-13-9-3-1-2-4-10(9)15-11(13)16/h1-6H,7H2/b6-5+. The highest BCUT2D eigenvalue weighted by Crippen LogP contribution is 2.17. The Morgan fingerprint density at radius 2 is 2.25 bits per heavy atom. The Kier molecular flexibility index (Phi) is 3.22. The normalized spacial score (nSPS) is 11.3. The zero-order valence-electron chi connectivity index (χ0n) is 8.22. The molecule has 3 nitrogen and oxygen atoms in total. The molecule has 0 spiro atoms. The first kappa shape index (κ1) is 11.1. The van der Waals surface area contributed by atoms with E-state index in [2.05, 4.69) is 0 Å². The van der Waals surface area contributed by atoms with E-state index in [1.54, 1.807) is 10.8 Å². The Balaban J connectivity index is 2.52. The van der Waals surface area contributed by atoms with Crippen molar-refractivity contribution in [2.24, 2.45) is 0 Å². The van der Waals surface area contributed by atoms with Gasteiger partial charge in [-0.15, -0.1) is 11.6 Å². The summed E-state index contributed by atoms with van der Waals surface area (Å²) in [5.74, 6) is -0.214. The van der Waals surface area contributed by atoms with E-state index in [0.29, 0.717) is 10.4 Å². The van der Waals surface area contributed by atoms with Gasteiger partial charge in [0.25, 0.3) is 4.84 Å². The molecule has 0 aliphatic rings. The molecule has 1 heterocycles. The number of alkyl halides is 1. The van der Waals surface area contributed by atoms with Crippen LogP contribution in [0, 0.1) is 4.84 Å². The van der Waals surface area contributed by atoms with Crippen LogP contribution < -0.4 is 0 Å². The Labute approximate surface area is 102 Å². The van der Waals surface area contributed by atoms with Crippen molar-refractivity contribution in [3.63, 3.8) is 0 Å². The Morgan fingerprint density at radius 3 is 3.00 bits per heavy atom. The highest BCUT2D eigenvalue weighted by atomic mass is 35.5. The second kappa shape index (κ2) is 4.63. The molecule has 0 fully saturated rings. The molecule has 2 rings (SSSR count). The molecule has 1 aromatic carbocycles. The van der Waals surface area contributed by atoms with Crippen molar-refractivity contribution in [1.82, 2.24) is 4.57 Å². The quantitative estimate of drug-likeness (QED) is 0.479. The van der Waals surface area contributed by atoms with E-state index in [4.69, 9.17) is 28.2 Å². The van der Waals surface area contributed by atoms with Crippen LogP contribution in [0.2, 0.25) is 0 Å². The topological polar surface area (TPSA) is 35.1 Å². The van der Waals surface area contributed by atoms with E-state index in [0.717, 1.165) is 5.52 Å². The van der Waals surface area contributed by atoms with Gasteiger partial charge < -0.3 is 4.42 Å². The van der Waals surface area contributed by atoms with E-state index >= 15 is 0 Å². The lowest BCUT2D eigenvalue weighted by Crippen LogP contribution is -1.94. The number of nitrogens with zero attached hydrogens (tertiary/aromatic N) is 1. The number of fused-ring (bicyclic) bond motifs is 1. The number of rotatable bonds is 3. The third kappa shape index (κ3) is 2.08. The number of aromatic nitrogens is 1. The molecule has 1 aromatic heterocycles. The highest BCUT2D eigenvalue weighted by molar-refractivity contribution is 7.71. The molecule has 0 saturated heterocycles. The minimum atomic E-state index is -0.172. The van der Waals surface area contributed by atoms with Gasteiger partial charge in [0.05, 0.1) is 11.4 Å². The number of hydrogen-bond donors (Lipinski definition) is 0. The summed E-state index contributed by atoms with van der Waals surface area (Å²) in [6.45, 7) is 0. The smallest absolute Gasteiger partial charge is 0.273 e. The fourth-order valence-corrected chi connectivity index (χ4v) is 1.67. The third-order valence-corrected chi connectivity index (χ3v) is 2.60. The first-order valence-electron chi connectivity index (χ1n) is 4.59. The summed E-state index contributed by atoms with van der Waals surface area (Å²) in [5.41, 5.74) is 1.52. The van der Waals surface area contributed by atoms with E-state index in [-0.39, 0.29) is 11.7 Å². The highest BCUT2D eigenvalue weighted by Gasteiger charge is 2.03. The summed E-state index contributed by atoms with van der Waals surface area (Å²) in [6.07, 6.45) is 2.95. The van der Waals surface area contributed by atoms with Gasteiger partial charge in [0, 0.05) is 6.20 Å². The largest absolute Gasteiger partial charge is 0.429 e. The van der Waals surface area contributed by atoms with Crippen molar-refractivity contribution in [1.29, 1.82) is 0 Å². The van der Waals surface area contributed by atoms with Gasteiger partial charge in [0.15, 0.2) is 11.4 Å². The average molecular weight is 254 g/mol. The van der Waals surface area contributed by atoms with E-state index in [9.17, 15) is 4.79 Å². The van der Waals surface area contributed by atoms with Gasteiger partial charge in [-0.2, -0.15) is 0 Å². The lowest BCUT2D eigenvalue weighted by molar-refractivity contribution is -0.112. The van der Waals surface area contributed by atoms with E-state index < -0.39 is 0 Å². The fourth-order valence-electron chi connectivity index (χ4n) is 1.33. The first-order valence-corrected chi connectivity index (χ1v) is 5.53. The van der Waals surface area contributed by atoms with Gasteiger partial charge in [-0.3, -0.25) is 9.36 Å². The molecule has 16 heavy (non-hydrogen) atoms. The first-order chi connectivity index (χ1) is 7.72. The maximum Gasteiger partial charge on any atom is 0.273 e. The van der Waals surface area contributed by atoms with Crippen molar-refractivity contribution >= 4 is 46.9 Å². The summed E-state index contributed by atoms with van der Waals surface area (Å²) in [5, 5.41) is 0. The van der Waals surface area contributed by atoms with Gasteiger partial charge in [-0.25, -0.2) is 0 Å². The van der Waals surface area contributed by atoms with Crippen molar-refractivity contribution in [2.75, 3.05) is 5.88 Å². The maximum atomic E-state index is 11.1. The minimum Gasteiger partial charge on any atom is -0.429 e.